The van der Waals surface area contributed by atoms with Crippen molar-refractivity contribution in [3.8, 4) is 11.5 Å². The maximum atomic E-state index is 13.8. The fourth-order valence-corrected chi connectivity index (χ4v) is 2.59. The Kier molecular flexibility index (Phi) is 7.83. The number of carbonyl (C=O) groups excluding carboxylic acids is 2. The van der Waals surface area contributed by atoms with Gasteiger partial charge in [-0.25, -0.2) is 26.3 Å². The molecule has 34 heavy (non-hydrogen) atoms. The minimum absolute atomic E-state index is 0.696. The van der Waals surface area contributed by atoms with E-state index in [-0.39, 0.29) is 0 Å². The van der Waals surface area contributed by atoms with Crippen LogP contribution in [0.3, 0.4) is 0 Å². The Morgan fingerprint density at radius 1 is 0.500 bits per heavy atom. The summed E-state index contributed by atoms with van der Waals surface area (Å²) in [4.78, 5) is 24.9. The summed E-state index contributed by atoms with van der Waals surface area (Å²) in [7, 11) is 0. The zero-order valence-electron chi connectivity index (χ0n) is 17.1. The Hall–Kier alpha value is -3.32. The Morgan fingerprint density at radius 3 is 0.971 bits per heavy atom. The van der Waals surface area contributed by atoms with Crippen LogP contribution in [0.5, 0.6) is 11.5 Å². The van der Waals surface area contributed by atoms with Crippen molar-refractivity contribution < 1.29 is 63.0 Å². The molecule has 2 rings (SSSR count). The SMILES string of the molecule is CC(C)C(C)C(C(=O)Oc1c(F)c(F)c(F)c(F)c1F)C(=O)Oc1c(F)c(F)c(F)c(F)c1F. The fourth-order valence-electron chi connectivity index (χ4n) is 2.59. The van der Waals surface area contributed by atoms with Crippen molar-refractivity contribution in [3.63, 3.8) is 0 Å². The van der Waals surface area contributed by atoms with Gasteiger partial charge in [-0.15, -0.1) is 0 Å². The van der Waals surface area contributed by atoms with Gasteiger partial charge in [0, 0.05) is 0 Å². The second kappa shape index (κ2) is 9.89. The normalized spacial score (nSPS) is 12.3. The van der Waals surface area contributed by atoms with Crippen LogP contribution >= 0.6 is 0 Å². The van der Waals surface area contributed by atoms with Gasteiger partial charge in [0.15, 0.2) is 5.92 Å². The first-order valence-corrected chi connectivity index (χ1v) is 9.09. The van der Waals surface area contributed by atoms with Gasteiger partial charge in [0.1, 0.15) is 0 Å². The molecule has 0 saturated heterocycles. The summed E-state index contributed by atoms with van der Waals surface area (Å²) in [6.07, 6.45) is 0. The summed E-state index contributed by atoms with van der Waals surface area (Å²) in [6, 6.07) is 0. The van der Waals surface area contributed by atoms with Crippen molar-refractivity contribution in [1.29, 1.82) is 0 Å². The molecular weight excluding hydrogens is 494 g/mol. The molecule has 2 aromatic carbocycles. The predicted octanol–water partition coefficient (Wildman–Crippen LogP) is 5.50. The first-order chi connectivity index (χ1) is 15.6. The van der Waals surface area contributed by atoms with Gasteiger partial charge < -0.3 is 9.47 Å². The summed E-state index contributed by atoms with van der Waals surface area (Å²) in [5.41, 5.74) is 0. The third-order valence-corrected chi connectivity index (χ3v) is 4.83. The lowest BCUT2D eigenvalue weighted by Gasteiger charge is -2.24. The third-order valence-electron chi connectivity index (χ3n) is 4.83. The molecule has 0 fully saturated rings. The maximum absolute atomic E-state index is 13.8. The maximum Gasteiger partial charge on any atom is 0.326 e. The lowest BCUT2D eigenvalue weighted by atomic mass is 9.85. The number of benzene rings is 2. The number of halogens is 10. The fraction of sp³-hybridized carbons (Fsp3) is 0.300. The minimum atomic E-state index is -2.58. The van der Waals surface area contributed by atoms with Crippen LogP contribution in [-0.2, 0) is 9.59 Å². The molecule has 14 heteroatoms. The quantitative estimate of drug-likeness (QED) is 0.130. The van der Waals surface area contributed by atoms with Crippen LogP contribution in [0.4, 0.5) is 43.9 Å². The smallest absolute Gasteiger partial charge is 0.326 e. The van der Waals surface area contributed by atoms with E-state index in [1.165, 1.54) is 13.8 Å². The van der Waals surface area contributed by atoms with Gasteiger partial charge in [0.05, 0.1) is 0 Å². The van der Waals surface area contributed by atoms with E-state index in [9.17, 15) is 53.5 Å². The minimum Gasteiger partial charge on any atom is -0.419 e. The van der Waals surface area contributed by atoms with Crippen molar-refractivity contribution in [2.24, 2.45) is 17.8 Å². The number of rotatable bonds is 6. The Labute approximate surface area is 184 Å². The van der Waals surface area contributed by atoms with Crippen LogP contribution in [0.1, 0.15) is 20.8 Å². The Bertz CT molecular complexity index is 1020. The van der Waals surface area contributed by atoms with Crippen LogP contribution in [0.2, 0.25) is 0 Å². The van der Waals surface area contributed by atoms with Crippen LogP contribution in [-0.4, -0.2) is 11.9 Å². The second-order valence-corrected chi connectivity index (χ2v) is 7.22. The molecule has 1 atom stereocenters. The molecule has 0 bridgehead atoms. The Morgan fingerprint density at radius 2 is 0.735 bits per heavy atom. The number of hydrogen-bond donors (Lipinski definition) is 0. The summed E-state index contributed by atoms with van der Waals surface area (Å²) < 4.78 is 143. The number of carbonyl (C=O) groups is 2. The molecule has 0 N–H and O–H groups in total. The summed E-state index contributed by atoms with van der Waals surface area (Å²) in [6.45, 7) is 3.86. The number of ether oxygens (including phenoxy) is 2. The lowest BCUT2D eigenvalue weighted by Crippen LogP contribution is -2.38. The highest BCUT2D eigenvalue weighted by Crippen LogP contribution is 2.33. The van der Waals surface area contributed by atoms with Crippen molar-refractivity contribution in [3.05, 3.63) is 58.2 Å². The van der Waals surface area contributed by atoms with Crippen molar-refractivity contribution >= 4 is 11.9 Å². The van der Waals surface area contributed by atoms with E-state index in [1.54, 1.807) is 0 Å². The van der Waals surface area contributed by atoms with Crippen LogP contribution in [0.25, 0.3) is 0 Å². The van der Waals surface area contributed by atoms with Gasteiger partial charge in [0.2, 0.25) is 69.7 Å². The average Bonchev–Trinajstić information content (AvgIpc) is 2.79. The highest BCUT2D eigenvalue weighted by molar-refractivity contribution is 5.97. The number of hydrogen-bond acceptors (Lipinski definition) is 4. The summed E-state index contributed by atoms with van der Waals surface area (Å²) in [5.74, 6) is -37.9. The monoisotopic (exact) mass is 506 g/mol. The van der Waals surface area contributed by atoms with E-state index in [0.29, 0.717) is 0 Å². The molecule has 0 heterocycles. The molecule has 0 amide bonds. The topological polar surface area (TPSA) is 52.6 Å². The zero-order valence-corrected chi connectivity index (χ0v) is 17.1. The molecule has 0 aliphatic rings. The van der Waals surface area contributed by atoms with Gasteiger partial charge in [-0.2, -0.15) is 17.6 Å². The average molecular weight is 506 g/mol. The van der Waals surface area contributed by atoms with E-state index in [0.717, 1.165) is 6.92 Å². The van der Waals surface area contributed by atoms with Crippen molar-refractivity contribution in [1.82, 2.24) is 0 Å². The summed E-state index contributed by atoms with van der Waals surface area (Å²) in [5, 5.41) is 0. The van der Waals surface area contributed by atoms with Gasteiger partial charge >= 0.3 is 11.9 Å². The second-order valence-electron chi connectivity index (χ2n) is 7.22. The van der Waals surface area contributed by atoms with E-state index in [4.69, 9.17) is 0 Å². The van der Waals surface area contributed by atoms with Crippen LogP contribution in [0.15, 0.2) is 0 Å². The largest absolute Gasteiger partial charge is 0.419 e. The molecule has 0 radical (unpaired) electrons. The van der Waals surface area contributed by atoms with Gasteiger partial charge in [-0.1, -0.05) is 20.8 Å². The van der Waals surface area contributed by atoms with Crippen LogP contribution in [0, 0.1) is 75.9 Å². The zero-order chi connectivity index (χ0) is 26.2. The van der Waals surface area contributed by atoms with E-state index >= 15 is 0 Å². The van der Waals surface area contributed by atoms with Gasteiger partial charge in [-0.3, -0.25) is 9.59 Å². The molecule has 0 aliphatic carbocycles. The van der Waals surface area contributed by atoms with Gasteiger partial charge in [-0.05, 0) is 11.8 Å². The van der Waals surface area contributed by atoms with E-state index in [1.807, 2.05) is 0 Å². The summed E-state index contributed by atoms with van der Waals surface area (Å²) >= 11 is 0. The molecule has 0 aromatic heterocycles. The highest BCUT2D eigenvalue weighted by Gasteiger charge is 2.41. The van der Waals surface area contributed by atoms with Crippen LogP contribution < -0.4 is 9.47 Å². The first kappa shape index (κ1) is 26.9. The molecule has 186 valence electrons. The molecule has 0 spiro atoms. The Balaban J connectivity index is 2.51. The molecule has 0 saturated carbocycles. The first-order valence-electron chi connectivity index (χ1n) is 9.09. The van der Waals surface area contributed by atoms with Crippen molar-refractivity contribution in [2.45, 2.75) is 20.8 Å². The van der Waals surface area contributed by atoms with Gasteiger partial charge in [0.25, 0.3) is 0 Å². The standard InChI is InChI=1S/C20H12F10O4/c1-4(2)5(3)6(19(31)33-17-13(27)9(23)7(21)10(24)14(17)28)20(32)34-18-15(29)11(25)8(22)12(26)16(18)30/h4-6H,1-3H3. The highest BCUT2D eigenvalue weighted by atomic mass is 19.2. The van der Waals surface area contributed by atoms with Crippen molar-refractivity contribution in [2.75, 3.05) is 0 Å². The molecule has 2 aromatic rings. The number of esters is 2. The lowest BCUT2D eigenvalue weighted by molar-refractivity contribution is -0.155. The predicted molar refractivity (Wildman–Crippen MR) is 91.2 cm³/mol. The molecule has 4 nitrogen and oxygen atoms in total. The third kappa shape index (κ3) is 4.66. The molecule has 0 aliphatic heterocycles. The molecular formula is C20H12F10O4. The van der Waals surface area contributed by atoms with E-state index in [2.05, 4.69) is 9.47 Å². The molecule has 1 unspecified atom stereocenters. The van der Waals surface area contributed by atoms with E-state index < -0.39 is 99.4 Å².